The third kappa shape index (κ3) is 4.68. The van der Waals surface area contributed by atoms with Gasteiger partial charge in [0.1, 0.15) is 4.99 Å². The number of nitrogens with two attached hydrogens (primary N) is 1. The van der Waals surface area contributed by atoms with Crippen LogP contribution in [-0.4, -0.2) is 43.5 Å². The van der Waals surface area contributed by atoms with Crippen LogP contribution in [0.25, 0.3) is 0 Å². The van der Waals surface area contributed by atoms with Crippen molar-refractivity contribution in [1.29, 1.82) is 0 Å². The molecule has 0 aliphatic carbocycles. The van der Waals surface area contributed by atoms with Crippen molar-refractivity contribution in [3.05, 3.63) is 29.8 Å². The third-order valence-electron chi connectivity index (χ3n) is 2.38. The van der Waals surface area contributed by atoms with E-state index in [9.17, 15) is 0 Å². The molecule has 94 valence electrons. The number of likely N-dealkylation sites (N-methyl/N-ethyl adjacent to an activating group) is 1. The van der Waals surface area contributed by atoms with E-state index in [1.165, 1.54) is 0 Å². The van der Waals surface area contributed by atoms with Gasteiger partial charge in [-0.3, -0.25) is 0 Å². The highest BCUT2D eigenvalue weighted by atomic mass is 32.1. The predicted molar refractivity (Wildman–Crippen MR) is 73.5 cm³/mol. The first-order valence-electron chi connectivity index (χ1n) is 5.44. The molecule has 1 rings (SSSR count). The largest absolute Gasteiger partial charge is 0.394 e. The topological polar surface area (TPSA) is 58.7 Å². The molecular weight excluding hydrogens is 236 g/mol. The molecule has 4 nitrogen and oxygen atoms in total. The summed E-state index contributed by atoms with van der Waals surface area (Å²) in [6.45, 7) is 1.76. The molecule has 0 unspecified atom stereocenters. The quantitative estimate of drug-likeness (QED) is 0.556. The van der Waals surface area contributed by atoms with Crippen LogP contribution in [0.2, 0.25) is 0 Å². The highest BCUT2D eigenvalue weighted by Gasteiger charge is 2.03. The summed E-state index contributed by atoms with van der Waals surface area (Å²) >= 11 is 4.94. The van der Waals surface area contributed by atoms with Crippen molar-refractivity contribution in [3.8, 4) is 0 Å². The maximum absolute atomic E-state index is 8.58. The smallest absolute Gasteiger partial charge is 0.104 e. The zero-order valence-corrected chi connectivity index (χ0v) is 10.7. The summed E-state index contributed by atoms with van der Waals surface area (Å²) in [4.78, 5) is 2.45. The summed E-state index contributed by atoms with van der Waals surface area (Å²) < 4.78 is 5.21. The zero-order chi connectivity index (χ0) is 12.7. The molecule has 0 spiro atoms. The minimum Gasteiger partial charge on any atom is -0.394 e. The molecule has 0 radical (unpaired) electrons. The lowest BCUT2D eigenvalue weighted by atomic mass is 10.2. The number of aliphatic hydroxyl groups excluding tert-OH is 1. The molecule has 0 amide bonds. The van der Waals surface area contributed by atoms with Crippen molar-refractivity contribution in [1.82, 2.24) is 0 Å². The van der Waals surface area contributed by atoms with E-state index in [1.54, 1.807) is 0 Å². The van der Waals surface area contributed by atoms with Gasteiger partial charge in [0.25, 0.3) is 0 Å². The van der Waals surface area contributed by atoms with Gasteiger partial charge in [-0.2, -0.15) is 0 Å². The minimum absolute atomic E-state index is 0.0562. The minimum atomic E-state index is 0.0562. The van der Waals surface area contributed by atoms with Crippen LogP contribution in [-0.2, 0) is 4.74 Å². The molecule has 0 saturated carbocycles. The van der Waals surface area contributed by atoms with E-state index in [0.29, 0.717) is 18.2 Å². The van der Waals surface area contributed by atoms with Crippen LogP contribution in [0.5, 0.6) is 0 Å². The number of aliphatic hydroxyl groups is 1. The van der Waals surface area contributed by atoms with E-state index >= 15 is 0 Å². The Morgan fingerprint density at radius 1 is 1.47 bits per heavy atom. The Hall–Kier alpha value is -1.17. The summed E-state index contributed by atoms with van der Waals surface area (Å²) in [5, 5.41) is 8.58. The molecule has 0 saturated heterocycles. The fraction of sp³-hybridized carbons (Fsp3) is 0.417. The Morgan fingerprint density at radius 2 is 2.24 bits per heavy atom. The molecular formula is C12H18N2O2S. The Morgan fingerprint density at radius 3 is 2.88 bits per heavy atom. The summed E-state index contributed by atoms with van der Waals surface area (Å²) in [5.74, 6) is 0. The maximum Gasteiger partial charge on any atom is 0.104 e. The lowest BCUT2D eigenvalue weighted by Gasteiger charge is -2.19. The van der Waals surface area contributed by atoms with Gasteiger partial charge >= 0.3 is 0 Å². The number of anilines is 1. The first-order chi connectivity index (χ1) is 8.15. The molecule has 17 heavy (non-hydrogen) atoms. The van der Waals surface area contributed by atoms with Gasteiger partial charge in [0, 0.05) is 24.8 Å². The lowest BCUT2D eigenvalue weighted by molar-refractivity contribution is 0.0971. The number of hydrogen-bond acceptors (Lipinski definition) is 4. The second-order valence-corrected chi connectivity index (χ2v) is 4.11. The van der Waals surface area contributed by atoms with Crippen LogP contribution in [0.3, 0.4) is 0 Å². The van der Waals surface area contributed by atoms with Gasteiger partial charge in [0.2, 0.25) is 0 Å². The number of nitrogens with zero attached hydrogens (tertiary/aromatic N) is 1. The molecule has 0 bridgehead atoms. The van der Waals surface area contributed by atoms with Gasteiger partial charge in [-0.05, 0) is 12.1 Å². The highest BCUT2D eigenvalue weighted by Crippen LogP contribution is 2.14. The molecule has 0 aliphatic rings. The molecule has 0 fully saturated rings. The molecule has 0 aromatic heterocycles. The number of rotatable bonds is 7. The molecule has 0 heterocycles. The molecule has 1 aromatic rings. The normalized spacial score (nSPS) is 10.2. The second kappa shape index (κ2) is 7.21. The van der Waals surface area contributed by atoms with Crippen LogP contribution >= 0.6 is 12.2 Å². The predicted octanol–water partition coefficient (Wildman–Crippen LogP) is 0.766. The van der Waals surface area contributed by atoms with Crippen LogP contribution in [0.15, 0.2) is 24.3 Å². The lowest BCUT2D eigenvalue weighted by Crippen LogP contribution is -2.23. The van der Waals surface area contributed by atoms with Crippen molar-refractivity contribution in [2.75, 3.05) is 38.3 Å². The standard InChI is InChI=1S/C12H18N2O2S/c1-14(5-7-16-8-6-15)11-4-2-3-10(9-11)12(13)17/h2-4,9,15H,5-8H2,1H3,(H2,13,17). The zero-order valence-electron chi connectivity index (χ0n) is 9.93. The van der Waals surface area contributed by atoms with Gasteiger partial charge in [-0.25, -0.2) is 0 Å². The van der Waals surface area contributed by atoms with E-state index in [4.69, 9.17) is 27.8 Å². The number of benzene rings is 1. The number of thiocarbonyl (C=S) groups is 1. The van der Waals surface area contributed by atoms with Crippen molar-refractivity contribution in [2.24, 2.45) is 5.73 Å². The van der Waals surface area contributed by atoms with E-state index < -0.39 is 0 Å². The molecule has 0 aliphatic heterocycles. The molecule has 1 aromatic carbocycles. The fourth-order valence-electron chi connectivity index (χ4n) is 1.39. The van der Waals surface area contributed by atoms with Crippen molar-refractivity contribution in [2.45, 2.75) is 0 Å². The fourth-order valence-corrected chi connectivity index (χ4v) is 1.52. The average molecular weight is 254 g/mol. The molecule has 3 N–H and O–H groups in total. The van der Waals surface area contributed by atoms with Gasteiger partial charge < -0.3 is 20.5 Å². The monoisotopic (exact) mass is 254 g/mol. The maximum atomic E-state index is 8.58. The Bertz CT molecular complexity index is 371. The van der Waals surface area contributed by atoms with Crippen molar-refractivity contribution in [3.63, 3.8) is 0 Å². The number of hydrogen-bond donors (Lipinski definition) is 2. The second-order valence-electron chi connectivity index (χ2n) is 3.67. The Balaban J connectivity index is 2.53. The van der Waals surface area contributed by atoms with Gasteiger partial charge in [0.15, 0.2) is 0 Å². The van der Waals surface area contributed by atoms with Crippen molar-refractivity contribution >= 4 is 22.9 Å². The summed E-state index contributed by atoms with van der Waals surface area (Å²) in [6.07, 6.45) is 0. The first-order valence-corrected chi connectivity index (χ1v) is 5.85. The molecule has 0 atom stereocenters. The summed E-state index contributed by atoms with van der Waals surface area (Å²) in [6, 6.07) is 7.76. The third-order valence-corrected chi connectivity index (χ3v) is 2.61. The van der Waals surface area contributed by atoms with Crippen molar-refractivity contribution < 1.29 is 9.84 Å². The van der Waals surface area contributed by atoms with Gasteiger partial charge in [-0.15, -0.1) is 0 Å². The van der Waals surface area contributed by atoms with Gasteiger partial charge in [-0.1, -0.05) is 24.4 Å². The van der Waals surface area contributed by atoms with Crippen LogP contribution in [0, 0.1) is 0 Å². The van der Waals surface area contributed by atoms with Gasteiger partial charge in [0.05, 0.1) is 19.8 Å². The van der Waals surface area contributed by atoms with E-state index in [-0.39, 0.29) is 6.61 Å². The Kier molecular flexibility index (Phi) is 5.90. The van der Waals surface area contributed by atoms with Crippen LogP contribution < -0.4 is 10.6 Å². The van der Waals surface area contributed by atoms with E-state index in [2.05, 4.69) is 4.90 Å². The molecule has 5 heteroatoms. The SMILES string of the molecule is CN(CCOCCO)c1cccc(C(N)=S)c1. The summed E-state index contributed by atoms with van der Waals surface area (Å²) in [5.41, 5.74) is 7.49. The average Bonchev–Trinajstić information content (AvgIpc) is 2.34. The summed E-state index contributed by atoms with van der Waals surface area (Å²) in [7, 11) is 1.97. The Labute approximate surface area is 107 Å². The van der Waals surface area contributed by atoms with Crippen LogP contribution in [0.4, 0.5) is 5.69 Å². The number of ether oxygens (including phenoxy) is 1. The first kappa shape index (κ1) is 13.9. The highest BCUT2D eigenvalue weighted by molar-refractivity contribution is 7.80. The van der Waals surface area contributed by atoms with E-state index in [1.807, 2.05) is 31.3 Å². The van der Waals surface area contributed by atoms with Crippen LogP contribution in [0.1, 0.15) is 5.56 Å². The van der Waals surface area contributed by atoms with E-state index in [0.717, 1.165) is 17.8 Å².